The van der Waals surface area contributed by atoms with Gasteiger partial charge in [-0.15, -0.1) is 0 Å². The molecule has 0 aliphatic heterocycles. The Morgan fingerprint density at radius 3 is 1.29 bits per heavy atom. The summed E-state index contributed by atoms with van der Waals surface area (Å²) in [7, 11) is -1.72. The van der Waals surface area contributed by atoms with Gasteiger partial charge in [0.05, 0.1) is 6.16 Å². The minimum atomic E-state index is -1.72. The second kappa shape index (κ2) is 17.1. The van der Waals surface area contributed by atoms with Gasteiger partial charge in [0, 0.05) is 5.33 Å². The van der Waals surface area contributed by atoms with E-state index in [2.05, 4.69) is 119 Å². The summed E-state index contributed by atoms with van der Waals surface area (Å²) in [6, 6.07) is 33.6. The summed E-state index contributed by atoms with van der Waals surface area (Å²) < 4.78 is 0. The van der Waals surface area contributed by atoms with Gasteiger partial charge in [0.15, 0.2) is 0 Å². The van der Waals surface area contributed by atoms with Crippen molar-refractivity contribution in [2.75, 3.05) is 11.5 Å². The van der Waals surface area contributed by atoms with E-state index in [1.165, 1.54) is 73.7 Å². The molecule has 3 aromatic rings. The van der Waals surface area contributed by atoms with Crippen molar-refractivity contribution in [3.8, 4) is 0 Å². The normalized spacial score (nSPS) is 11.4. The third kappa shape index (κ3) is 8.67. The van der Waals surface area contributed by atoms with E-state index in [4.69, 9.17) is 0 Å². The van der Waals surface area contributed by atoms with Gasteiger partial charge in [-0.3, -0.25) is 0 Å². The molecule has 0 aromatic heterocycles. The van der Waals surface area contributed by atoms with Crippen LogP contribution in [-0.4, -0.2) is 11.5 Å². The fourth-order valence-corrected chi connectivity index (χ4v) is 9.01. The van der Waals surface area contributed by atoms with Crippen molar-refractivity contribution in [2.24, 2.45) is 0 Å². The maximum absolute atomic E-state index is 3.52. The van der Waals surface area contributed by atoms with Gasteiger partial charge in [0.1, 0.15) is 23.2 Å². The summed E-state index contributed by atoms with van der Waals surface area (Å²) in [6.07, 6.45) is 18.2. The summed E-state index contributed by atoms with van der Waals surface area (Å²) in [5, 5.41) is 5.55. The van der Waals surface area contributed by atoms with Crippen LogP contribution in [0.15, 0.2) is 103 Å². The van der Waals surface area contributed by atoms with Crippen molar-refractivity contribution < 1.29 is 12.4 Å². The molecular weight excluding hydrogens is 519 g/mol. The summed E-state index contributed by atoms with van der Waals surface area (Å²) >= 11 is 3.52. The fraction of sp³-hybridized carbons (Fsp3) is 0.355. The highest BCUT2D eigenvalue weighted by Crippen LogP contribution is 2.55. The average Bonchev–Trinajstić information content (AvgIpc) is 2.89. The Labute approximate surface area is 223 Å². The third-order valence-electron chi connectivity index (χ3n) is 6.39. The van der Waals surface area contributed by atoms with Gasteiger partial charge in [-0.2, -0.15) is 0 Å². The lowest BCUT2D eigenvalue weighted by molar-refractivity contribution is -0.00000650. The zero-order valence-corrected chi connectivity index (χ0v) is 23.5. The summed E-state index contributed by atoms with van der Waals surface area (Å²) in [4.78, 5) is 0. The zero-order chi connectivity index (χ0) is 23.0. The molecule has 0 saturated heterocycles. The van der Waals surface area contributed by atoms with E-state index in [0.717, 1.165) is 11.5 Å². The summed E-state index contributed by atoms with van der Waals surface area (Å²) in [5.41, 5.74) is 0. The molecule has 0 heterocycles. The molecule has 0 spiro atoms. The first-order valence-electron chi connectivity index (χ1n) is 12.6. The number of halogens is 2. The second-order valence-electron chi connectivity index (χ2n) is 8.78. The number of hydrogen-bond acceptors (Lipinski definition) is 0. The third-order valence-corrected chi connectivity index (χ3v) is 11.2. The monoisotopic (exact) mass is 556 g/mol. The van der Waals surface area contributed by atoms with Crippen molar-refractivity contribution in [1.29, 1.82) is 0 Å². The molecule has 0 fully saturated rings. The molecule has 0 radical (unpaired) electrons. The Hall–Kier alpha value is -1.40. The van der Waals surface area contributed by atoms with Crippen LogP contribution in [-0.2, 0) is 0 Å². The van der Waals surface area contributed by atoms with Crippen molar-refractivity contribution in [2.45, 2.75) is 57.8 Å². The fourth-order valence-electron chi connectivity index (χ4n) is 4.58. The van der Waals surface area contributed by atoms with Gasteiger partial charge in [-0.25, -0.2) is 0 Å². The topological polar surface area (TPSA) is 0 Å². The molecule has 182 valence electrons. The maximum Gasteiger partial charge on any atom is 0.115 e. The van der Waals surface area contributed by atoms with Crippen LogP contribution in [0.2, 0.25) is 0 Å². The quantitative estimate of drug-likeness (QED) is 0.101. The second-order valence-corrected chi connectivity index (χ2v) is 13.1. The number of allylic oxidation sites excluding steroid dienone is 2. The Bertz CT molecular complexity index is 815. The summed E-state index contributed by atoms with van der Waals surface area (Å²) in [6.45, 7) is 0. The van der Waals surface area contributed by atoms with E-state index in [1.54, 1.807) is 0 Å². The maximum atomic E-state index is 3.52. The zero-order valence-electron chi connectivity index (χ0n) is 20.3. The van der Waals surface area contributed by atoms with Crippen molar-refractivity contribution in [3.63, 3.8) is 0 Å². The van der Waals surface area contributed by atoms with E-state index >= 15 is 0 Å². The first-order valence-corrected chi connectivity index (χ1v) is 15.7. The van der Waals surface area contributed by atoms with Crippen LogP contribution in [0.4, 0.5) is 0 Å². The lowest BCUT2D eigenvalue weighted by Crippen LogP contribution is -3.00. The van der Waals surface area contributed by atoms with E-state index in [1.807, 2.05) is 0 Å². The molecule has 3 rings (SSSR count). The van der Waals surface area contributed by atoms with E-state index in [9.17, 15) is 0 Å². The molecule has 0 atom stereocenters. The molecule has 34 heavy (non-hydrogen) atoms. The van der Waals surface area contributed by atoms with Crippen LogP contribution in [0.5, 0.6) is 0 Å². The van der Waals surface area contributed by atoms with Crippen LogP contribution in [0.3, 0.4) is 0 Å². The van der Waals surface area contributed by atoms with Crippen LogP contribution in [0, 0.1) is 0 Å². The lowest BCUT2D eigenvalue weighted by Gasteiger charge is -2.26. The standard InChI is InChI=1S/C31H39BrP.ClH/c32-27-19-8-6-4-2-1-3-5-7-9-20-28-33(29-21-13-10-14-22-29,30-23-15-11-16-24-30)31-25-17-12-18-26-31;/h9-18,20-26H,1-8,19,27-28H2;1H/q+1;/p-1. The number of unbranched alkanes of at least 4 members (excludes halogenated alkanes) is 8. The Balaban J connectivity index is 0.00000408. The predicted octanol–water partition coefficient (Wildman–Crippen LogP) is 5.45. The highest BCUT2D eigenvalue weighted by atomic mass is 79.9. The minimum absolute atomic E-state index is 0. The number of hydrogen-bond donors (Lipinski definition) is 0. The molecule has 0 saturated carbocycles. The molecule has 0 bridgehead atoms. The molecule has 0 aliphatic rings. The smallest absolute Gasteiger partial charge is 0.115 e. The molecule has 3 aromatic carbocycles. The molecule has 0 amide bonds. The Morgan fingerprint density at radius 2 is 0.882 bits per heavy atom. The largest absolute Gasteiger partial charge is 1.00 e. The van der Waals surface area contributed by atoms with Gasteiger partial charge in [-0.05, 0) is 55.7 Å². The predicted molar refractivity (Wildman–Crippen MR) is 155 cm³/mol. The van der Waals surface area contributed by atoms with Crippen molar-refractivity contribution in [1.82, 2.24) is 0 Å². The van der Waals surface area contributed by atoms with E-state index in [-0.39, 0.29) is 12.4 Å². The van der Waals surface area contributed by atoms with Crippen LogP contribution in [0.1, 0.15) is 57.8 Å². The first kappa shape index (κ1) is 28.8. The van der Waals surface area contributed by atoms with Gasteiger partial charge < -0.3 is 12.4 Å². The van der Waals surface area contributed by atoms with Gasteiger partial charge >= 0.3 is 0 Å². The molecule has 0 unspecified atom stereocenters. The SMILES string of the molecule is BrCCCCCCCCCCC=CC[P+](c1ccccc1)(c1ccccc1)c1ccccc1.[Cl-]. The highest BCUT2D eigenvalue weighted by Gasteiger charge is 2.43. The van der Waals surface area contributed by atoms with Gasteiger partial charge in [0.2, 0.25) is 0 Å². The lowest BCUT2D eigenvalue weighted by atomic mass is 10.1. The minimum Gasteiger partial charge on any atom is -1.00 e. The Kier molecular flexibility index (Phi) is 14.5. The molecule has 0 aliphatic carbocycles. The van der Waals surface area contributed by atoms with Crippen molar-refractivity contribution >= 4 is 39.1 Å². The molecule has 0 nitrogen and oxygen atoms in total. The number of rotatable bonds is 15. The molecular formula is C31H39BrClP. The summed E-state index contributed by atoms with van der Waals surface area (Å²) in [5.74, 6) is 0. The molecule has 3 heteroatoms. The van der Waals surface area contributed by atoms with Crippen LogP contribution < -0.4 is 28.3 Å². The average molecular weight is 558 g/mol. The van der Waals surface area contributed by atoms with Crippen LogP contribution in [0.25, 0.3) is 0 Å². The van der Waals surface area contributed by atoms with E-state index in [0.29, 0.717) is 0 Å². The number of alkyl halides is 1. The van der Waals surface area contributed by atoms with Crippen molar-refractivity contribution in [3.05, 3.63) is 103 Å². The first-order chi connectivity index (χ1) is 16.4. The van der Waals surface area contributed by atoms with E-state index < -0.39 is 7.26 Å². The van der Waals surface area contributed by atoms with Gasteiger partial charge in [0.25, 0.3) is 0 Å². The Morgan fingerprint density at radius 1 is 0.500 bits per heavy atom. The molecule has 0 N–H and O–H groups in total. The van der Waals surface area contributed by atoms with Crippen LogP contribution >= 0.6 is 23.2 Å². The van der Waals surface area contributed by atoms with Gasteiger partial charge in [-0.1, -0.05) is 121 Å². The highest BCUT2D eigenvalue weighted by molar-refractivity contribution is 9.09. The number of benzene rings is 3.